The Hall–Kier alpha value is -2.27. The smallest absolute Gasteiger partial charge is 0.411 e. The number of nitrogens with one attached hydrogen (secondary N) is 1. The summed E-state index contributed by atoms with van der Waals surface area (Å²) in [5.74, 6) is 0.685. The third-order valence-electron chi connectivity index (χ3n) is 2.78. The maximum atomic E-state index is 11.2. The molecule has 2 rings (SSSR count). The van der Waals surface area contributed by atoms with E-state index in [9.17, 15) is 4.79 Å². The number of pyridine rings is 1. The molecule has 0 bridgehead atoms. The van der Waals surface area contributed by atoms with Gasteiger partial charge in [0, 0.05) is 5.69 Å². The minimum atomic E-state index is -0.505. The average molecular weight is 307 g/mol. The number of amides is 1. The third kappa shape index (κ3) is 4.36. The van der Waals surface area contributed by atoms with Crippen molar-refractivity contribution in [3.63, 3.8) is 0 Å². The van der Waals surface area contributed by atoms with Gasteiger partial charge in [0.1, 0.15) is 17.5 Å². The molecule has 0 radical (unpaired) electrons. The molecule has 2 aromatic rings. The molecule has 0 atom stereocenters. The second kappa shape index (κ2) is 6.95. The number of hydrogen-bond donors (Lipinski definition) is 1. The van der Waals surface area contributed by atoms with Gasteiger partial charge in [-0.2, -0.15) is 0 Å². The molecule has 0 aliphatic carbocycles. The lowest BCUT2D eigenvalue weighted by molar-refractivity contribution is 0.187. The summed E-state index contributed by atoms with van der Waals surface area (Å²) in [6.45, 7) is 2.19. The van der Waals surface area contributed by atoms with Crippen LogP contribution in [0.5, 0.6) is 5.75 Å². The molecule has 6 heteroatoms. The van der Waals surface area contributed by atoms with Crippen molar-refractivity contribution >= 4 is 23.4 Å². The Bertz CT molecular complexity index is 647. The van der Waals surface area contributed by atoms with Crippen LogP contribution in [0.2, 0.25) is 5.15 Å². The zero-order valence-corrected chi connectivity index (χ0v) is 12.5. The van der Waals surface area contributed by atoms with Gasteiger partial charge in [0.2, 0.25) is 0 Å². The molecule has 0 unspecified atom stereocenters. The van der Waals surface area contributed by atoms with Gasteiger partial charge in [0.25, 0.3) is 0 Å². The summed E-state index contributed by atoms with van der Waals surface area (Å²) >= 11 is 5.82. The average Bonchev–Trinajstić information content (AvgIpc) is 2.47. The van der Waals surface area contributed by atoms with Crippen LogP contribution >= 0.6 is 11.6 Å². The zero-order valence-electron chi connectivity index (χ0n) is 11.7. The van der Waals surface area contributed by atoms with E-state index in [1.54, 1.807) is 18.2 Å². The molecular weight excluding hydrogens is 292 g/mol. The van der Waals surface area contributed by atoms with Crippen LogP contribution in [-0.2, 0) is 11.3 Å². The lowest BCUT2D eigenvalue weighted by Crippen LogP contribution is -2.11. The Morgan fingerprint density at radius 3 is 2.81 bits per heavy atom. The topological polar surface area (TPSA) is 60.5 Å². The summed E-state index contributed by atoms with van der Waals surface area (Å²) in [6.07, 6.45) is -0.505. The van der Waals surface area contributed by atoms with Gasteiger partial charge < -0.3 is 9.47 Å². The molecule has 5 nitrogen and oxygen atoms in total. The monoisotopic (exact) mass is 306 g/mol. The Balaban J connectivity index is 2.01. The van der Waals surface area contributed by atoms with Gasteiger partial charge in [0.15, 0.2) is 0 Å². The molecule has 0 saturated carbocycles. The van der Waals surface area contributed by atoms with E-state index >= 15 is 0 Å². The number of carbonyl (C=O) groups is 1. The van der Waals surface area contributed by atoms with Crippen molar-refractivity contribution in [2.75, 3.05) is 12.4 Å². The summed E-state index contributed by atoms with van der Waals surface area (Å²) in [7, 11) is 1.32. The van der Waals surface area contributed by atoms with Crippen LogP contribution in [0.4, 0.5) is 10.5 Å². The van der Waals surface area contributed by atoms with E-state index in [0.717, 1.165) is 11.3 Å². The summed E-state index contributed by atoms with van der Waals surface area (Å²) in [5, 5.41) is 3.06. The number of anilines is 1. The number of nitrogens with zero attached hydrogens (tertiary/aromatic N) is 1. The van der Waals surface area contributed by atoms with Crippen LogP contribution in [0.3, 0.4) is 0 Å². The van der Waals surface area contributed by atoms with Crippen molar-refractivity contribution in [2.24, 2.45) is 0 Å². The number of hydrogen-bond acceptors (Lipinski definition) is 4. The van der Waals surface area contributed by atoms with E-state index < -0.39 is 6.09 Å². The lowest BCUT2D eigenvalue weighted by Gasteiger charge is -2.10. The minimum Gasteiger partial charge on any atom is -0.487 e. The Morgan fingerprint density at radius 2 is 2.14 bits per heavy atom. The van der Waals surface area contributed by atoms with E-state index in [1.807, 2.05) is 25.1 Å². The number of benzene rings is 1. The second-order valence-electron chi connectivity index (χ2n) is 4.33. The van der Waals surface area contributed by atoms with Gasteiger partial charge in [-0.05, 0) is 42.8 Å². The minimum absolute atomic E-state index is 0.323. The molecule has 1 N–H and O–H groups in total. The van der Waals surface area contributed by atoms with Crippen molar-refractivity contribution in [3.05, 3.63) is 52.8 Å². The highest BCUT2D eigenvalue weighted by atomic mass is 35.5. The highest BCUT2D eigenvalue weighted by Gasteiger charge is 2.05. The molecule has 1 aromatic carbocycles. The lowest BCUT2D eigenvalue weighted by atomic mass is 10.2. The molecule has 0 saturated heterocycles. The van der Waals surface area contributed by atoms with Crippen molar-refractivity contribution in [2.45, 2.75) is 13.5 Å². The van der Waals surface area contributed by atoms with Gasteiger partial charge >= 0.3 is 6.09 Å². The predicted octanol–water partition coefficient (Wildman–Crippen LogP) is 3.80. The zero-order chi connectivity index (χ0) is 15.2. The van der Waals surface area contributed by atoms with Crippen LogP contribution in [0.1, 0.15) is 11.3 Å². The van der Waals surface area contributed by atoms with Gasteiger partial charge in [-0.25, -0.2) is 9.78 Å². The normalized spacial score (nSPS) is 10.0. The van der Waals surface area contributed by atoms with E-state index in [1.165, 1.54) is 7.11 Å². The number of ether oxygens (including phenoxy) is 2. The number of rotatable bonds is 4. The largest absolute Gasteiger partial charge is 0.487 e. The number of aromatic nitrogens is 1. The predicted molar refractivity (Wildman–Crippen MR) is 80.8 cm³/mol. The molecular formula is C15H15ClN2O3. The second-order valence-corrected chi connectivity index (χ2v) is 4.72. The van der Waals surface area contributed by atoms with Gasteiger partial charge in [-0.15, -0.1) is 0 Å². The van der Waals surface area contributed by atoms with E-state index in [4.69, 9.17) is 16.3 Å². The van der Waals surface area contributed by atoms with Crippen molar-refractivity contribution in [1.82, 2.24) is 4.98 Å². The van der Waals surface area contributed by atoms with Crippen LogP contribution in [-0.4, -0.2) is 18.2 Å². The third-order valence-corrected chi connectivity index (χ3v) is 2.99. The molecule has 0 fully saturated rings. The summed E-state index contributed by atoms with van der Waals surface area (Å²) in [4.78, 5) is 15.3. The van der Waals surface area contributed by atoms with Crippen LogP contribution in [0.15, 0.2) is 36.4 Å². The van der Waals surface area contributed by atoms with E-state index in [-0.39, 0.29) is 0 Å². The maximum Gasteiger partial charge on any atom is 0.411 e. The first-order chi connectivity index (χ1) is 10.1. The fourth-order valence-corrected chi connectivity index (χ4v) is 1.90. The first kappa shape index (κ1) is 15.1. The van der Waals surface area contributed by atoms with Crippen LogP contribution < -0.4 is 10.1 Å². The SMILES string of the molecule is COC(=O)Nc1ccc(OCc2cccc(Cl)n2)cc1C. The number of methoxy groups -OCH3 is 1. The van der Waals surface area contributed by atoms with Crippen LogP contribution in [0.25, 0.3) is 0 Å². The van der Waals surface area contributed by atoms with Crippen molar-refractivity contribution < 1.29 is 14.3 Å². The van der Waals surface area contributed by atoms with Crippen molar-refractivity contribution in [3.8, 4) is 5.75 Å². The molecule has 0 spiro atoms. The van der Waals surface area contributed by atoms with Crippen LogP contribution in [0, 0.1) is 6.92 Å². The van der Waals surface area contributed by atoms with Gasteiger partial charge in [0.05, 0.1) is 12.8 Å². The molecule has 0 aliphatic heterocycles. The quantitative estimate of drug-likeness (QED) is 0.873. The first-order valence-corrected chi connectivity index (χ1v) is 6.66. The van der Waals surface area contributed by atoms with Gasteiger partial charge in [-0.3, -0.25) is 5.32 Å². The summed E-state index contributed by atoms with van der Waals surface area (Å²) in [6, 6.07) is 10.7. The van der Waals surface area contributed by atoms with E-state index in [0.29, 0.717) is 23.2 Å². The molecule has 1 aromatic heterocycles. The Morgan fingerprint density at radius 1 is 1.33 bits per heavy atom. The molecule has 0 aliphatic rings. The Kier molecular flexibility index (Phi) is 5.00. The molecule has 21 heavy (non-hydrogen) atoms. The molecule has 1 heterocycles. The summed E-state index contributed by atoms with van der Waals surface area (Å²) < 4.78 is 10.2. The highest BCUT2D eigenvalue weighted by molar-refractivity contribution is 6.29. The molecule has 1 amide bonds. The van der Waals surface area contributed by atoms with E-state index in [2.05, 4.69) is 15.0 Å². The fourth-order valence-electron chi connectivity index (χ4n) is 1.72. The van der Waals surface area contributed by atoms with Crippen molar-refractivity contribution in [1.29, 1.82) is 0 Å². The number of halogens is 1. The maximum absolute atomic E-state index is 11.2. The molecule has 110 valence electrons. The first-order valence-electron chi connectivity index (χ1n) is 6.28. The Labute approximate surface area is 127 Å². The van der Waals surface area contributed by atoms with Gasteiger partial charge in [-0.1, -0.05) is 17.7 Å². The number of carbonyl (C=O) groups excluding carboxylic acids is 1. The highest BCUT2D eigenvalue weighted by Crippen LogP contribution is 2.22. The fraction of sp³-hybridized carbons (Fsp3) is 0.200. The summed E-state index contributed by atoms with van der Waals surface area (Å²) in [5.41, 5.74) is 2.30. The number of aryl methyl sites for hydroxylation is 1. The standard InChI is InChI=1S/C15H15ClN2O3/c1-10-8-12(6-7-13(10)18-15(19)20-2)21-9-11-4-3-5-14(16)17-11/h3-8H,9H2,1-2H3,(H,18,19).